The number of halogens is 3. The van der Waals surface area contributed by atoms with E-state index in [1.807, 2.05) is 6.92 Å². The van der Waals surface area contributed by atoms with Crippen molar-refractivity contribution in [1.82, 2.24) is 14.6 Å². The van der Waals surface area contributed by atoms with Crippen LogP contribution in [0.3, 0.4) is 0 Å². The SMILES string of the molecule is CCc1cc(=O)n2nc(N[C@H]3CCCC[C@H]3c3ccc(C(F)(F)F)cc3)sc2n1. The Hall–Kier alpha value is -2.42. The second-order valence-electron chi connectivity index (χ2n) is 7.30. The zero-order valence-electron chi connectivity index (χ0n) is 15.9. The summed E-state index contributed by atoms with van der Waals surface area (Å²) in [7, 11) is 0. The third-order valence-corrected chi connectivity index (χ3v) is 6.24. The number of benzene rings is 1. The van der Waals surface area contributed by atoms with Crippen molar-refractivity contribution in [3.63, 3.8) is 0 Å². The quantitative estimate of drug-likeness (QED) is 0.652. The average molecular weight is 422 g/mol. The molecule has 0 spiro atoms. The topological polar surface area (TPSA) is 59.3 Å². The first-order chi connectivity index (χ1) is 13.8. The smallest absolute Gasteiger partial charge is 0.357 e. The molecule has 1 fully saturated rings. The molecule has 29 heavy (non-hydrogen) atoms. The predicted molar refractivity (Wildman–Crippen MR) is 107 cm³/mol. The van der Waals surface area contributed by atoms with Crippen LogP contribution in [0.1, 0.15) is 55.3 Å². The normalized spacial score (nSPS) is 20.1. The van der Waals surface area contributed by atoms with Gasteiger partial charge in [0.15, 0.2) is 0 Å². The lowest BCUT2D eigenvalue weighted by molar-refractivity contribution is -0.137. The van der Waals surface area contributed by atoms with Gasteiger partial charge in [-0.25, -0.2) is 4.98 Å². The summed E-state index contributed by atoms with van der Waals surface area (Å²) >= 11 is 1.32. The summed E-state index contributed by atoms with van der Waals surface area (Å²) in [6.07, 6.45) is 0.199. The van der Waals surface area contributed by atoms with E-state index in [1.165, 1.54) is 21.9 Å². The maximum atomic E-state index is 12.9. The van der Waals surface area contributed by atoms with E-state index in [-0.39, 0.29) is 17.5 Å². The molecule has 2 aromatic heterocycles. The van der Waals surface area contributed by atoms with Gasteiger partial charge in [0.05, 0.1) is 5.56 Å². The van der Waals surface area contributed by atoms with Gasteiger partial charge >= 0.3 is 6.18 Å². The minimum Gasteiger partial charge on any atom is -0.357 e. The molecule has 5 nitrogen and oxygen atoms in total. The molecule has 1 saturated carbocycles. The van der Waals surface area contributed by atoms with Crippen LogP contribution in [-0.4, -0.2) is 20.6 Å². The van der Waals surface area contributed by atoms with Crippen molar-refractivity contribution in [3.05, 3.63) is 57.5 Å². The molecule has 0 amide bonds. The minimum atomic E-state index is -4.33. The fourth-order valence-electron chi connectivity index (χ4n) is 3.88. The highest BCUT2D eigenvalue weighted by Gasteiger charge is 2.32. The molecule has 2 atom stereocenters. The lowest BCUT2D eigenvalue weighted by Crippen LogP contribution is -2.30. The van der Waals surface area contributed by atoms with Crippen LogP contribution >= 0.6 is 11.3 Å². The number of nitrogens with one attached hydrogen (secondary N) is 1. The molecule has 1 aliphatic carbocycles. The standard InChI is InChI=1S/C20H21F3N4OS/c1-2-14-11-17(28)27-19(24-14)29-18(26-27)25-16-6-4-3-5-15(16)12-7-9-13(10-8-12)20(21,22)23/h7-11,15-16H,2-6H2,1H3,(H,25,26)/t15-,16-/m0/s1. The molecule has 1 N–H and O–H groups in total. The Kier molecular flexibility index (Phi) is 5.33. The van der Waals surface area contributed by atoms with Gasteiger partial charge in [-0.1, -0.05) is 43.2 Å². The number of rotatable bonds is 4. The molecule has 0 saturated heterocycles. The van der Waals surface area contributed by atoms with Crippen molar-refractivity contribution >= 4 is 21.4 Å². The van der Waals surface area contributed by atoms with E-state index in [9.17, 15) is 18.0 Å². The average Bonchev–Trinajstić information content (AvgIpc) is 3.11. The molecule has 3 aromatic rings. The summed E-state index contributed by atoms with van der Waals surface area (Å²) in [5.41, 5.74) is 0.773. The van der Waals surface area contributed by atoms with Gasteiger partial charge < -0.3 is 5.32 Å². The van der Waals surface area contributed by atoms with Crippen LogP contribution in [0.2, 0.25) is 0 Å². The number of nitrogens with zero attached hydrogens (tertiary/aromatic N) is 3. The monoisotopic (exact) mass is 422 g/mol. The van der Waals surface area contributed by atoms with Gasteiger partial charge in [0, 0.05) is 23.7 Å². The van der Waals surface area contributed by atoms with E-state index in [0.717, 1.165) is 49.1 Å². The highest BCUT2D eigenvalue weighted by molar-refractivity contribution is 7.20. The maximum absolute atomic E-state index is 12.9. The van der Waals surface area contributed by atoms with Crippen LogP contribution in [-0.2, 0) is 12.6 Å². The van der Waals surface area contributed by atoms with Crippen LogP contribution < -0.4 is 10.9 Å². The van der Waals surface area contributed by atoms with Gasteiger partial charge in [-0.3, -0.25) is 4.79 Å². The number of hydrogen-bond acceptors (Lipinski definition) is 5. The molecule has 0 bridgehead atoms. The number of aromatic nitrogens is 3. The van der Waals surface area contributed by atoms with Crippen LogP contribution in [0, 0.1) is 0 Å². The Labute approximate surface area is 169 Å². The first-order valence-corrected chi connectivity index (χ1v) is 10.5. The van der Waals surface area contributed by atoms with Crippen molar-refractivity contribution in [3.8, 4) is 0 Å². The summed E-state index contributed by atoms with van der Waals surface area (Å²) in [5, 5.41) is 8.37. The van der Waals surface area contributed by atoms with Crippen LogP contribution in [0.4, 0.5) is 18.3 Å². The predicted octanol–water partition coefficient (Wildman–Crippen LogP) is 4.87. The number of aryl methyl sites for hydroxylation is 1. The minimum absolute atomic E-state index is 0.0439. The van der Waals surface area contributed by atoms with E-state index in [2.05, 4.69) is 15.4 Å². The molecular formula is C20H21F3N4OS. The summed E-state index contributed by atoms with van der Waals surface area (Å²) < 4.78 is 39.9. The van der Waals surface area contributed by atoms with Crippen LogP contribution in [0.25, 0.3) is 4.96 Å². The van der Waals surface area contributed by atoms with Crippen molar-refractivity contribution in [2.24, 2.45) is 0 Å². The van der Waals surface area contributed by atoms with Crippen molar-refractivity contribution in [2.45, 2.75) is 57.2 Å². The van der Waals surface area contributed by atoms with E-state index < -0.39 is 11.7 Å². The second kappa shape index (κ2) is 7.78. The highest BCUT2D eigenvalue weighted by atomic mass is 32.1. The number of alkyl halides is 3. The summed E-state index contributed by atoms with van der Waals surface area (Å²) in [4.78, 5) is 17.2. The first kappa shape index (κ1) is 19.9. The molecule has 1 aromatic carbocycles. The van der Waals surface area contributed by atoms with Gasteiger partial charge in [-0.2, -0.15) is 17.7 Å². The fourth-order valence-corrected chi connectivity index (χ4v) is 4.76. The molecule has 9 heteroatoms. The van der Waals surface area contributed by atoms with E-state index in [0.29, 0.717) is 16.5 Å². The summed E-state index contributed by atoms with van der Waals surface area (Å²) in [5.74, 6) is 0.0916. The number of hydrogen-bond donors (Lipinski definition) is 1. The van der Waals surface area contributed by atoms with Gasteiger partial charge in [0.2, 0.25) is 10.1 Å². The third-order valence-electron chi connectivity index (χ3n) is 5.40. The summed E-state index contributed by atoms with van der Waals surface area (Å²) in [6.45, 7) is 1.94. The lowest BCUT2D eigenvalue weighted by Gasteiger charge is -2.32. The second-order valence-corrected chi connectivity index (χ2v) is 8.26. The zero-order chi connectivity index (χ0) is 20.6. The molecule has 0 radical (unpaired) electrons. The third kappa shape index (κ3) is 4.14. The van der Waals surface area contributed by atoms with Crippen molar-refractivity contribution < 1.29 is 13.2 Å². The molecular weight excluding hydrogens is 401 g/mol. The molecule has 1 aliphatic rings. The van der Waals surface area contributed by atoms with Gasteiger partial charge in [-0.05, 0) is 37.0 Å². The highest BCUT2D eigenvalue weighted by Crippen LogP contribution is 2.37. The van der Waals surface area contributed by atoms with E-state index in [1.54, 1.807) is 12.1 Å². The number of anilines is 1. The largest absolute Gasteiger partial charge is 0.416 e. The van der Waals surface area contributed by atoms with Crippen LogP contribution in [0.15, 0.2) is 35.1 Å². The Balaban J connectivity index is 1.59. The molecule has 0 unspecified atom stereocenters. The number of fused-ring (bicyclic) bond motifs is 1. The Morgan fingerprint density at radius 2 is 1.93 bits per heavy atom. The van der Waals surface area contributed by atoms with Crippen molar-refractivity contribution in [2.75, 3.05) is 5.32 Å². The first-order valence-electron chi connectivity index (χ1n) is 9.68. The molecule has 4 rings (SSSR count). The van der Waals surface area contributed by atoms with Gasteiger partial charge in [-0.15, -0.1) is 5.10 Å². The van der Waals surface area contributed by atoms with Gasteiger partial charge in [0.25, 0.3) is 5.56 Å². The molecule has 154 valence electrons. The fraction of sp³-hybridized carbons (Fsp3) is 0.450. The van der Waals surface area contributed by atoms with E-state index >= 15 is 0 Å². The lowest BCUT2D eigenvalue weighted by atomic mass is 9.80. The molecule has 0 aliphatic heterocycles. The summed E-state index contributed by atoms with van der Waals surface area (Å²) in [6, 6.07) is 6.98. The van der Waals surface area contributed by atoms with Crippen LogP contribution in [0.5, 0.6) is 0 Å². The van der Waals surface area contributed by atoms with Gasteiger partial charge in [0.1, 0.15) is 0 Å². The zero-order valence-corrected chi connectivity index (χ0v) is 16.7. The molecule has 2 heterocycles. The Morgan fingerprint density at radius 1 is 1.21 bits per heavy atom. The maximum Gasteiger partial charge on any atom is 0.416 e. The van der Waals surface area contributed by atoms with E-state index in [4.69, 9.17) is 0 Å². The Bertz CT molecular complexity index is 1060. The van der Waals surface area contributed by atoms with Crippen molar-refractivity contribution in [1.29, 1.82) is 0 Å². The Morgan fingerprint density at radius 3 is 2.62 bits per heavy atom.